The first-order valence-electron chi connectivity index (χ1n) is 22.4. The van der Waals surface area contributed by atoms with Crippen molar-refractivity contribution in [1.29, 1.82) is 0 Å². The molecule has 0 saturated heterocycles. The molecule has 0 aliphatic heterocycles. The van der Waals surface area contributed by atoms with E-state index in [1.165, 1.54) is 57.8 Å². The van der Waals surface area contributed by atoms with Gasteiger partial charge in [0.05, 0.1) is 18.8 Å². The van der Waals surface area contributed by atoms with Gasteiger partial charge >= 0.3 is 19.8 Å². The quantitative estimate of drug-likeness (QED) is 0.0203. The minimum Gasteiger partial charge on any atom is -0.462 e. The normalized spacial score (nSPS) is 18.6. The van der Waals surface area contributed by atoms with E-state index in [0.717, 1.165) is 70.6 Å². The van der Waals surface area contributed by atoms with Crippen LogP contribution in [0.25, 0.3) is 0 Å². The molecule has 330 valence electrons. The molecule has 4 N–H and O–H groups in total. The molecule has 0 aromatic heterocycles. The number of hydrogen-bond donors (Lipinski definition) is 4. The first kappa shape index (κ1) is 52.9. The molecule has 0 radical (unpaired) electrons. The van der Waals surface area contributed by atoms with Crippen LogP contribution in [0.4, 0.5) is 0 Å². The lowest BCUT2D eigenvalue weighted by Gasteiger charge is -2.19. The van der Waals surface area contributed by atoms with Gasteiger partial charge in [-0.25, -0.2) is 4.57 Å². The number of carbonyl (C=O) groups excluding carboxylic acids is 3. The first-order valence-corrected chi connectivity index (χ1v) is 23.9. The van der Waals surface area contributed by atoms with Crippen molar-refractivity contribution in [2.75, 3.05) is 13.2 Å². The fourth-order valence-electron chi connectivity index (χ4n) is 7.13. The third-order valence-corrected chi connectivity index (χ3v) is 11.0. The number of hydrogen-bond acceptors (Lipinski definition) is 9. The van der Waals surface area contributed by atoms with E-state index in [1.54, 1.807) is 12.2 Å². The number of phosphoric acid groups is 1. The Labute approximate surface area is 344 Å². The van der Waals surface area contributed by atoms with Crippen LogP contribution in [0.15, 0.2) is 36.5 Å². The van der Waals surface area contributed by atoms with Gasteiger partial charge in [-0.3, -0.25) is 18.9 Å². The fraction of sp³-hybridized carbons (Fsp3) is 0.800. The molecule has 1 aliphatic rings. The van der Waals surface area contributed by atoms with Gasteiger partial charge in [-0.15, -0.1) is 0 Å². The Hall–Kier alpha value is -2.14. The van der Waals surface area contributed by atoms with Gasteiger partial charge in [0.15, 0.2) is 6.10 Å². The second-order valence-electron chi connectivity index (χ2n) is 15.8. The summed E-state index contributed by atoms with van der Waals surface area (Å²) in [4.78, 5) is 55.6. The van der Waals surface area contributed by atoms with Crippen LogP contribution < -0.4 is 0 Å². The second kappa shape index (κ2) is 34.7. The lowest BCUT2D eigenvalue weighted by molar-refractivity contribution is -0.161. The minimum absolute atomic E-state index is 0.000537. The molecule has 0 spiro atoms. The van der Waals surface area contributed by atoms with E-state index >= 15 is 0 Å². The number of ether oxygens (including phenoxy) is 2. The third-order valence-electron chi connectivity index (χ3n) is 10.5. The Bertz CT molecular complexity index is 1180. The molecular weight excluding hydrogens is 747 g/mol. The number of phosphoric ester groups is 1. The zero-order chi connectivity index (χ0) is 42.0. The Kier molecular flexibility index (Phi) is 32.2. The maximum absolute atomic E-state index is 12.5. The van der Waals surface area contributed by atoms with Crippen LogP contribution in [0.1, 0.15) is 187 Å². The molecule has 0 bridgehead atoms. The summed E-state index contributed by atoms with van der Waals surface area (Å²) >= 11 is 0. The standard InChI is InChI=1S/C45H79O11P/c1-3-5-7-8-9-10-11-12-13-14-15-16-17-18-19-20-21-22-28-32-45(50)56-39(37-55-57(51,52)53)36-54-44(49)31-27-24-23-26-30-40-41(43(48)35-42(40)47)34-33-38(46)29-25-6-4-2/h9-10,12-13,33-34,38-42,46-47H,3-8,11,14-32,35-37H2,1-2H3,(H2,51,52,53)/b10-9-,13-12-,34-33+/t38-,39+,40+,41+,42-/m0/s1. The predicted molar refractivity (Wildman–Crippen MR) is 226 cm³/mol. The molecule has 12 heteroatoms. The number of aliphatic hydroxyl groups is 2. The summed E-state index contributed by atoms with van der Waals surface area (Å²) in [5.41, 5.74) is 0. The second-order valence-corrected chi connectivity index (χ2v) is 17.0. The van der Waals surface area contributed by atoms with Crippen molar-refractivity contribution in [3.8, 4) is 0 Å². The summed E-state index contributed by atoms with van der Waals surface area (Å²) < 4.78 is 26.4. The number of rotatable bonds is 37. The molecule has 0 heterocycles. The average Bonchev–Trinajstić information content (AvgIpc) is 3.44. The highest BCUT2D eigenvalue weighted by atomic mass is 31.2. The van der Waals surface area contributed by atoms with Crippen LogP contribution >= 0.6 is 7.82 Å². The van der Waals surface area contributed by atoms with Crippen molar-refractivity contribution < 1.29 is 52.9 Å². The summed E-state index contributed by atoms with van der Waals surface area (Å²) in [6, 6.07) is 0. The molecule has 0 amide bonds. The highest BCUT2D eigenvalue weighted by molar-refractivity contribution is 7.46. The number of carbonyl (C=O) groups is 3. The summed E-state index contributed by atoms with van der Waals surface area (Å²) in [6.07, 6.45) is 34.8. The highest BCUT2D eigenvalue weighted by Crippen LogP contribution is 2.36. The fourth-order valence-corrected chi connectivity index (χ4v) is 7.49. The molecule has 5 atom stereocenters. The predicted octanol–water partition coefficient (Wildman–Crippen LogP) is 10.3. The van der Waals surface area contributed by atoms with Gasteiger partial charge in [0.2, 0.25) is 0 Å². The van der Waals surface area contributed by atoms with E-state index in [9.17, 15) is 29.2 Å². The van der Waals surface area contributed by atoms with E-state index in [1.807, 2.05) is 0 Å². The number of Topliss-reactive ketones (excluding diaryl/α,β-unsaturated/α-hetero) is 1. The average molecular weight is 827 g/mol. The summed E-state index contributed by atoms with van der Waals surface area (Å²) in [5.74, 6) is -1.62. The number of ketones is 1. The Morgan fingerprint density at radius 3 is 1.89 bits per heavy atom. The van der Waals surface area contributed by atoms with E-state index < -0.39 is 50.6 Å². The van der Waals surface area contributed by atoms with Crippen LogP contribution in [-0.2, 0) is 32.9 Å². The largest absolute Gasteiger partial charge is 0.469 e. The molecule has 0 aromatic carbocycles. The molecule has 57 heavy (non-hydrogen) atoms. The number of aliphatic hydroxyl groups excluding tert-OH is 2. The number of esters is 2. The van der Waals surface area contributed by atoms with Crippen molar-refractivity contribution in [1.82, 2.24) is 0 Å². The SMILES string of the molecule is CCCCC/C=C\C/C=C\CCCCCCCCCCCC(=O)O[C@H](COC(=O)CCCCCC[C@H]1[C@@H](O)CC(=O)[C@@H]1/C=C/[C@@H](O)CCCCC)COP(=O)(O)O. The minimum atomic E-state index is -4.82. The highest BCUT2D eigenvalue weighted by Gasteiger charge is 2.39. The molecule has 0 unspecified atom stereocenters. The molecule has 1 aliphatic carbocycles. The van der Waals surface area contributed by atoms with Crippen LogP contribution in [0.3, 0.4) is 0 Å². The van der Waals surface area contributed by atoms with E-state index in [2.05, 4.69) is 42.7 Å². The van der Waals surface area contributed by atoms with Crippen molar-refractivity contribution in [3.05, 3.63) is 36.5 Å². The Morgan fingerprint density at radius 1 is 0.737 bits per heavy atom. The Morgan fingerprint density at radius 2 is 1.28 bits per heavy atom. The molecular formula is C45H79O11P. The van der Waals surface area contributed by atoms with Crippen LogP contribution in [0.2, 0.25) is 0 Å². The summed E-state index contributed by atoms with van der Waals surface area (Å²) in [7, 11) is -4.82. The van der Waals surface area contributed by atoms with Crippen molar-refractivity contribution >= 4 is 25.5 Å². The third kappa shape index (κ3) is 30.5. The lowest BCUT2D eigenvalue weighted by atomic mass is 9.88. The van der Waals surface area contributed by atoms with Gasteiger partial charge < -0.3 is 29.5 Å². The number of allylic oxidation sites excluding steroid dienone is 5. The van der Waals surface area contributed by atoms with Crippen LogP contribution in [-0.4, -0.2) is 69.2 Å². The van der Waals surface area contributed by atoms with Crippen LogP contribution in [0.5, 0.6) is 0 Å². The maximum Gasteiger partial charge on any atom is 0.469 e. The van der Waals surface area contributed by atoms with E-state index in [-0.39, 0.29) is 37.6 Å². The van der Waals surface area contributed by atoms with Crippen LogP contribution in [0, 0.1) is 11.8 Å². The van der Waals surface area contributed by atoms with Crippen molar-refractivity contribution in [2.24, 2.45) is 11.8 Å². The zero-order valence-corrected chi connectivity index (χ0v) is 36.3. The first-order chi connectivity index (χ1) is 27.5. The Balaban J connectivity index is 2.22. The van der Waals surface area contributed by atoms with Crippen molar-refractivity contribution in [3.63, 3.8) is 0 Å². The molecule has 0 aromatic rings. The molecule has 1 rings (SSSR count). The topological polar surface area (TPSA) is 177 Å². The molecule has 11 nitrogen and oxygen atoms in total. The zero-order valence-electron chi connectivity index (χ0n) is 35.5. The van der Waals surface area contributed by atoms with Gasteiger partial charge in [0, 0.05) is 25.2 Å². The maximum atomic E-state index is 12.5. The smallest absolute Gasteiger partial charge is 0.462 e. The van der Waals surface area contributed by atoms with Gasteiger partial charge in [0.1, 0.15) is 12.4 Å². The summed E-state index contributed by atoms with van der Waals surface area (Å²) in [6.45, 7) is 3.37. The summed E-state index contributed by atoms with van der Waals surface area (Å²) in [5, 5.41) is 20.7. The van der Waals surface area contributed by atoms with Gasteiger partial charge in [-0.2, -0.15) is 0 Å². The lowest BCUT2D eigenvalue weighted by Crippen LogP contribution is -2.29. The number of unbranched alkanes of at least 4 members (excludes halogenated alkanes) is 17. The van der Waals surface area contributed by atoms with Gasteiger partial charge in [-0.1, -0.05) is 147 Å². The van der Waals surface area contributed by atoms with Crippen molar-refractivity contribution in [2.45, 2.75) is 206 Å². The molecule has 1 fully saturated rings. The van der Waals surface area contributed by atoms with E-state index in [0.29, 0.717) is 25.7 Å². The van der Waals surface area contributed by atoms with Gasteiger partial charge in [-0.05, 0) is 63.7 Å². The van der Waals surface area contributed by atoms with Gasteiger partial charge in [0.25, 0.3) is 0 Å². The van der Waals surface area contributed by atoms with E-state index in [4.69, 9.17) is 19.3 Å². The molecule has 1 saturated carbocycles. The monoisotopic (exact) mass is 827 g/mol.